The van der Waals surface area contributed by atoms with E-state index in [1.807, 2.05) is 0 Å². The Morgan fingerprint density at radius 3 is 1.57 bits per heavy atom. The molecule has 0 saturated carbocycles. The van der Waals surface area contributed by atoms with Gasteiger partial charge in [-0.1, -0.05) is 0 Å². The maximum absolute atomic E-state index is 10.6. The summed E-state index contributed by atoms with van der Waals surface area (Å²) >= 11 is 0. The van der Waals surface area contributed by atoms with Crippen molar-refractivity contribution < 1.29 is 33.3 Å². The SMILES string of the molecule is O=C(O)C(F)(F)F.OC1CNCC1O. The van der Waals surface area contributed by atoms with Crippen LogP contribution in [0.25, 0.3) is 0 Å². The molecule has 0 aromatic heterocycles. The zero-order valence-corrected chi connectivity index (χ0v) is 6.95. The average Bonchev–Trinajstić information content (AvgIpc) is 2.35. The summed E-state index contributed by atoms with van der Waals surface area (Å²) in [6.45, 7) is 1.06. The lowest BCUT2D eigenvalue weighted by atomic mass is 10.3. The predicted molar refractivity (Wildman–Crippen MR) is 38.6 cm³/mol. The number of alkyl halides is 3. The first-order chi connectivity index (χ1) is 6.25. The van der Waals surface area contributed by atoms with E-state index in [2.05, 4.69) is 5.32 Å². The number of rotatable bonds is 0. The normalized spacial score (nSPS) is 26.6. The zero-order valence-electron chi connectivity index (χ0n) is 6.95. The Morgan fingerprint density at radius 2 is 1.50 bits per heavy atom. The predicted octanol–water partition coefficient (Wildman–Crippen LogP) is -1.06. The molecular formula is C6H10F3NO4. The Morgan fingerprint density at radius 1 is 1.21 bits per heavy atom. The lowest BCUT2D eigenvalue weighted by Crippen LogP contribution is -2.22. The van der Waals surface area contributed by atoms with Gasteiger partial charge >= 0.3 is 12.1 Å². The fourth-order valence-electron chi connectivity index (χ4n) is 0.651. The first-order valence-electron chi connectivity index (χ1n) is 3.62. The van der Waals surface area contributed by atoms with Crippen molar-refractivity contribution in [3.05, 3.63) is 0 Å². The zero-order chi connectivity index (χ0) is 11.4. The van der Waals surface area contributed by atoms with Crippen LogP contribution in [0.2, 0.25) is 0 Å². The molecule has 1 aliphatic rings. The number of nitrogens with one attached hydrogen (secondary N) is 1. The van der Waals surface area contributed by atoms with Crippen LogP contribution in [-0.4, -0.2) is 52.8 Å². The number of halogens is 3. The summed E-state index contributed by atoms with van der Waals surface area (Å²) in [6, 6.07) is 0. The number of carboxylic acids is 1. The monoisotopic (exact) mass is 217 g/mol. The number of aliphatic hydroxyl groups excluding tert-OH is 2. The number of hydrogen-bond acceptors (Lipinski definition) is 4. The van der Waals surface area contributed by atoms with Crippen LogP contribution in [0.1, 0.15) is 0 Å². The van der Waals surface area contributed by atoms with Gasteiger partial charge in [0.25, 0.3) is 0 Å². The van der Waals surface area contributed by atoms with E-state index in [0.717, 1.165) is 0 Å². The van der Waals surface area contributed by atoms with Gasteiger partial charge in [-0.25, -0.2) is 4.79 Å². The van der Waals surface area contributed by atoms with Gasteiger partial charge in [0, 0.05) is 13.1 Å². The average molecular weight is 217 g/mol. The smallest absolute Gasteiger partial charge is 0.475 e. The highest BCUT2D eigenvalue weighted by molar-refractivity contribution is 5.73. The van der Waals surface area contributed by atoms with Gasteiger partial charge in [-0.15, -0.1) is 0 Å². The Kier molecular flexibility index (Phi) is 4.81. The second-order valence-electron chi connectivity index (χ2n) is 2.60. The minimum absolute atomic E-state index is 0.529. The van der Waals surface area contributed by atoms with Crippen LogP contribution in [-0.2, 0) is 4.79 Å². The standard InChI is InChI=1S/C4H9NO2.C2HF3O2/c6-3-1-5-2-4(3)7;3-2(4,5)1(6)7/h3-7H,1-2H2;(H,6,7). The number of aliphatic carboxylic acids is 1. The van der Waals surface area contributed by atoms with E-state index in [4.69, 9.17) is 20.1 Å². The highest BCUT2D eigenvalue weighted by Crippen LogP contribution is 2.13. The van der Waals surface area contributed by atoms with Gasteiger partial charge in [-0.05, 0) is 0 Å². The van der Waals surface area contributed by atoms with Gasteiger partial charge in [0.05, 0.1) is 12.2 Å². The molecule has 0 aromatic carbocycles. The van der Waals surface area contributed by atoms with E-state index in [0.29, 0.717) is 13.1 Å². The van der Waals surface area contributed by atoms with Crippen LogP contribution >= 0.6 is 0 Å². The first-order valence-corrected chi connectivity index (χ1v) is 3.62. The molecule has 84 valence electrons. The van der Waals surface area contributed by atoms with Crippen molar-refractivity contribution >= 4 is 5.97 Å². The second kappa shape index (κ2) is 5.13. The third-order valence-corrected chi connectivity index (χ3v) is 1.39. The van der Waals surface area contributed by atoms with Crippen molar-refractivity contribution in [3.63, 3.8) is 0 Å². The summed E-state index contributed by atoms with van der Waals surface area (Å²) in [4.78, 5) is 8.90. The largest absolute Gasteiger partial charge is 0.490 e. The number of carboxylic acid groups (broad SMARTS) is 1. The molecule has 0 radical (unpaired) electrons. The maximum Gasteiger partial charge on any atom is 0.490 e. The van der Waals surface area contributed by atoms with E-state index in [1.54, 1.807) is 0 Å². The van der Waals surface area contributed by atoms with E-state index in [1.165, 1.54) is 0 Å². The Labute approximate surface area is 77.2 Å². The van der Waals surface area contributed by atoms with Crippen molar-refractivity contribution in [1.82, 2.24) is 5.32 Å². The topological polar surface area (TPSA) is 89.8 Å². The molecule has 0 aromatic rings. The molecule has 2 unspecified atom stereocenters. The number of aliphatic hydroxyl groups is 2. The quantitative estimate of drug-likeness (QED) is 0.415. The molecule has 0 aliphatic carbocycles. The maximum atomic E-state index is 10.6. The fraction of sp³-hybridized carbons (Fsp3) is 0.833. The Hall–Kier alpha value is -0.860. The van der Waals surface area contributed by atoms with Gasteiger partial charge < -0.3 is 20.6 Å². The molecule has 14 heavy (non-hydrogen) atoms. The first kappa shape index (κ1) is 13.1. The van der Waals surface area contributed by atoms with Crippen molar-refractivity contribution in [3.8, 4) is 0 Å². The van der Waals surface area contributed by atoms with Crippen LogP contribution < -0.4 is 5.32 Å². The van der Waals surface area contributed by atoms with Gasteiger partial charge in [-0.2, -0.15) is 13.2 Å². The van der Waals surface area contributed by atoms with Crippen LogP contribution in [0.15, 0.2) is 0 Å². The Bertz CT molecular complexity index is 188. The van der Waals surface area contributed by atoms with E-state index in [9.17, 15) is 13.2 Å². The highest BCUT2D eigenvalue weighted by Gasteiger charge is 2.38. The third-order valence-electron chi connectivity index (χ3n) is 1.39. The van der Waals surface area contributed by atoms with Gasteiger partial charge in [0.2, 0.25) is 0 Å². The minimum Gasteiger partial charge on any atom is -0.475 e. The van der Waals surface area contributed by atoms with Crippen molar-refractivity contribution in [1.29, 1.82) is 0 Å². The molecule has 1 saturated heterocycles. The molecule has 0 amide bonds. The Balaban J connectivity index is 0.000000241. The molecule has 1 rings (SSSR count). The van der Waals surface area contributed by atoms with Crippen molar-refractivity contribution in [2.75, 3.05) is 13.1 Å². The molecule has 0 bridgehead atoms. The molecule has 5 nitrogen and oxygen atoms in total. The lowest BCUT2D eigenvalue weighted by molar-refractivity contribution is -0.192. The molecule has 1 heterocycles. The molecule has 8 heteroatoms. The molecular weight excluding hydrogens is 207 g/mol. The van der Waals surface area contributed by atoms with Crippen LogP contribution in [0.5, 0.6) is 0 Å². The van der Waals surface area contributed by atoms with E-state index >= 15 is 0 Å². The number of carbonyl (C=O) groups is 1. The summed E-state index contributed by atoms with van der Waals surface area (Å²) in [5, 5.41) is 27.3. The number of β-amino-alcohol motifs (C(OH)–C–C–N with tert-alkyl or cyclic N) is 2. The van der Waals surface area contributed by atoms with Crippen LogP contribution in [0, 0.1) is 0 Å². The highest BCUT2D eigenvalue weighted by atomic mass is 19.4. The van der Waals surface area contributed by atoms with Crippen LogP contribution in [0.4, 0.5) is 13.2 Å². The lowest BCUT2D eigenvalue weighted by Gasteiger charge is -2.01. The summed E-state index contributed by atoms with van der Waals surface area (Å²) < 4.78 is 31.7. The third kappa shape index (κ3) is 5.00. The number of hydrogen-bond donors (Lipinski definition) is 4. The molecule has 1 aliphatic heterocycles. The van der Waals surface area contributed by atoms with Gasteiger partial charge in [0.15, 0.2) is 0 Å². The fourth-order valence-corrected chi connectivity index (χ4v) is 0.651. The van der Waals surface area contributed by atoms with Crippen molar-refractivity contribution in [2.24, 2.45) is 0 Å². The second-order valence-corrected chi connectivity index (χ2v) is 2.60. The summed E-state index contributed by atoms with van der Waals surface area (Å²) in [5.41, 5.74) is 0. The molecule has 0 spiro atoms. The van der Waals surface area contributed by atoms with Gasteiger partial charge in [-0.3, -0.25) is 0 Å². The van der Waals surface area contributed by atoms with E-state index in [-0.39, 0.29) is 0 Å². The summed E-state index contributed by atoms with van der Waals surface area (Å²) in [7, 11) is 0. The summed E-state index contributed by atoms with van der Waals surface area (Å²) in [6.07, 6.45) is -6.17. The molecule has 2 atom stereocenters. The van der Waals surface area contributed by atoms with Crippen molar-refractivity contribution in [2.45, 2.75) is 18.4 Å². The van der Waals surface area contributed by atoms with E-state index < -0.39 is 24.4 Å². The summed E-state index contributed by atoms with van der Waals surface area (Å²) in [5.74, 6) is -2.76. The van der Waals surface area contributed by atoms with Crippen LogP contribution in [0.3, 0.4) is 0 Å². The minimum atomic E-state index is -5.08. The molecule has 4 N–H and O–H groups in total. The van der Waals surface area contributed by atoms with Gasteiger partial charge in [0.1, 0.15) is 0 Å². The molecule has 1 fully saturated rings.